The van der Waals surface area contributed by atoms with E-state index in [4.69, 9.17) is 0 Å². The number of carbonyl (C=O) groups excluding carboxylic acids is 1. The maximum absolute atomic E-state index is 12.9. The molecule has 0 spiro atoms. The molecule has 7 heteroatoms. The molecule has 1 amide bonds. The topological polar surface area (TPSA) is 66.5 Å². The zero-order valence-corrected chi connectivity index (χ0v) is 16.6. The van der Waals surface area contributed by atoms with E-state index in [1.165, 1.54) is 37.8 Å². The number of sulfone groups is 1. The maximum atomic E-state index is 12.9. The van der Waals surface area contributed by atoms with Crippen LogP contribution in [-0.4, -0.2) is 33.2 Å². The fraction of sp³-hybridized carbons (Fsp3) is 0.381. The van der Waals surface area contributed by atoms with Gasteiger partial charge in [0.1, 0.15) is 5.82 Å². The summed E-state index contributed by atoms with van der Waals surface area (Å²) in [6, 6.07) is 12.3. The Hall–Kier alpha value is -2.41. The molecule has 0 radical (unpaired) electrons. The summed E-state index contributed by atoms with van der Waals surface area (Å²) in [7, 11) is -3.62. The molecule has 0 atom stereocenters. The first-order valence-corrected chi connectivity index (χ1v) is 11.2. The fourth-order valence-electron chi connectivity index (χ4n) is 3.29. The summed E-state index contributed by atoms with van der Waals surface area (Å²) in [6.45, 7) is 2.10. The molecule has 5 nitrogen and oxygen atoms in total. The third-order valence-corrected chi connectivity index (χ3v) is 6.62. The average molecular weight is 405 g/mol. The second kappa shape index (κ2) is 9.19. The van der Waals surface area contributed by atoms with Crippen molar-refractivity contribution in [2.24, 2.45) is 0 Å². The predicted molar refractivity (Wildman–Crippen MR) is 109 cm³/mol. The summed E-state index contributed by atoms with van der Waals surface area (Å²) in [5, 5.41) is 2.74. The first-order chi connectivity index (χ1) is 13.4. The van der Waals surface area contributed by atoms with Crippen LogP contribution in [0.25, 0.3) is 0 Å². The van der Waals surface area contributed by atoms with Gasteiger partial charge in [-0.05, 0) is 61.4 Å². The number of nitrogens with one attached hydrogen (secondary N) is 1. The lowest BCUT2D eigenvalue weighted by Crippen LogP contribution is -2.23. The molecule has 1 aliphatic heterocycles. The van der Waals surface area contributed by atoms with Crippen LogP contribution in [-0.2, 0) is 14.6 Å². The van der Waals surface area contributed by atoms with E-state index >= 15 is 0 Å². The molecular weight excluding hydrogens is 379 g/mol. The van der Waals surface area contributed by atoms with Crippen LogP contribution in [0.2, 0.25) is 0 Å². The van der Waals surface area contributed by atoms with Gasteiger partial charge in [0.05, 0.1) is 10.6 Å². The van der Waals surface area contributed by atoms with Gasteiger partial charge in [-0.1, -0.05) is 12.8 Å². The van der Waals surface area contributed by atoms with E-state index in [-0.39, 0.29) is 23.0 Å². The largest absolute Gasteiger partial charge is 0.372 e. The Morgan fingerprint density at radius 3 is 2.14 bits per heavy atom. The van der Waals surface area contributed by atoms with Crippen LogP contribution in [0.15, 0.2) is 53.4 Å². The van der Waals surface area contributed by atoms with Gasteiger partial charge in [0.2, 0.25) is 5.91 Å². The number of amides is 1. The van der Waals surface area contributed by atoms with Crippen molar-refractivity contribution in [3.05, 3.63) is 54.3 Å². The van der Waals surface area contributed by atoms with Crippen molar-refractivity contribution in [3.63, 3.8) is 0 Å². The summed E-state index contributed by atoms with van der Waals surface area (Å²) in [4.78, 5) is 14.5. The molecule has 0 aliphatic carbocycles. The first kappa shape index (κ1) is 20.3. The smallest absolute Gasteiger partial charge is 0.225 e. The fourth-order valence-corrected chi connectivity index (χ4v) is 4.54. The Labute approximate surface area is 165 Å². The Bertz CT molecular complexity index is 888. The zero-order chi connectivity index (χ0) is 20.0. The highest BCUT2D eigenvalue weighted by Gasteiger charge is 2.17. The lowest BCUT2D eigenvalue weighted by Gasteiger charge is -2.22. The normalized spacial score (nSPS) is 15.1. The van der Waals surface area contributed by atoms with Gasteiger partial charge >= 0.3 is 0 Å². The number of halogens is 1. The van der Waals surface area contributed by atoms with Crippen LogP contribution in [0, 0.1) is 5.82 Å². The third-order valence-electron chi connectivity index (χ3n) is 4.89. The van der Waals surface area contributed by atoms with E-state index in [0.29, 0.717) is 5.69 Å². The third kappa shape index (κ3) is 5.55. The lowest BCUT2D eigenvalue weighted by atomic mass is 10.2. The minimum absolute atomic E-state index is 0.0171. The number of rotatable bonds is 6. The highest BCUT2D eigenvalue weighted by Crippen LogP contribution is 2.22. The standard InChI is InChI=1S/C21H25FN2O3S/c22-17-5-11-20(12-6-17)28(26,27)16-13-21(25)23-18-7-9-19(10-8-18)24-14-3-1-2-4-15-24/h5-12H,1-4,13-16H2,(H,23,25). The highest BCUT2D eigenvalue weighted by molar-refractivity contribution is 7.91. The maximum Gasteiger partial charge on any atom is 0.225 e. The van der Waals surface area contributed by atoms with Crippen LogP contribution in [0.4, 0.5) is 15.8 Å². The van der Waals surface area contributed by atoms with Gasteiger partial charge in [0.15, 0.2) is 9.84 Å². The Morgan fingerprint density at radius 2 is 1.54 bits per heavy atom. The van der Waals surface area contributed by atoms with Gasteiger partial charge in [-0.15, -0.1) is 0 Å². The Morgan fingerprint density at radius 1 is 0.929 bits per heavy atom. The molecule has 0 bridgehead atoms. The quantitative estimate of drug-likeness (QED) is 0.739. The monoisotopic (exact) mass is 404 g/mol. The van der Waals surface area contributed by atoms with Gasteiger partial charge in [-0.2, -0.15) is 0 Å². The second-order valence-corrected chi connectivity index (χ2v) is 9.13. The molecule has 28 heavy (non-hydrogen) atoms. The molecule has 0 saturated carbocycles. The molecular formula is C21H25FN2O3S. The van der Waals surface area contributed by atoms with Crippen molar-refractivity contribution in [2.75, 3.05) is 29.1 Å². The van der Waals surface area contributed by atoms with E-state index in [1.54, 1.807) is 0 Å². The molecule has 1 N–H and O–H groups in total. The van der Waals surface area contributed by atoms with Gasteiger partial charge in [0.25, 0.3) is 0 Å². The molecule has 0 aromatic heterocycles. The van der Waals surface area contributed by atoms with Crippen molar-refractivity contribution in [2.45, 2.75) is 37.0 Å². The van der Waals surface area contributed by atoms with Crippen LogP contribution in [0.1, 0.15) is 32.1 Å². The second-order valence-electron chi connectivity index (χ2n) is 7.02. The van der Waals surface area contributed by atoms with Crippen LogP contribution in [0.3, 0.4) is 0 Å². The summed E-state index contributed by atoms with van der Waals surface area (Å²) in [5.41, 5.74) is 1.78. The van der Waals surface area contributed by atoms with E-state index in [2.05, 4.69) is 10.2 Å². The highest BCUT2D eigenvalue weighted by atomic mass is 32.2. The number of benzene rings is 2. The molecule has 1 saturated heterocycles. The summed E-state index contributed by atoms with van der Waals surface area (Å²) in [5.74, 6) is -1.19. The van der Waals surface area contributed by atoms with Crippen LogP contribution in [0.5, 0.6) is 0 Å². The zero-order valence-electron chi connectivity index (χ0n) is 15.7. The molecule has 1 heterocycles. The molecule has 2 aromatic rings. The van der Waals surface area contributed by atoms with Gasteiger partial charge in [0, 0.05) is 30.9 Å². The van der Waals surface area contributed by atoms with Gasteiger partial charge in [-0.25, -0.2) is 12.8 Å². The Kier molecular flexibility index (Phi) is 6.67. The van der Waals surface area contributed by atoms with E-state index in [9.17, 15) is 17.6 Å². The minimum Gasteiger partial charge on any atom is -0.372 e. The van der Waals surface area contributed by atoms with Gasteiger partial charge < -0.3 is 10.2 Å². The van der Waals surface area contributed by atoms with E-state index in [1.807, 2.05) is 24.3 Å². The molecule has 0 unspecified atom stereocenters. The summed E-state index contributed by atoms with van der Waals surface area (Å²) in [6.07, 6.45) is 4.77. The van der Waals surface area contributed by atoms with Crippen molar-refractivity contribution >= 4 is 27.1 Å². The predicted octanol–water partition coefficient (Wildman–Crippen LogP) is 4.01. The lowest BCUT2D eigenvalue weighted by molar-refractivity contribution is -0.115. The number of nitrogens with zero attached hydrogens (tertiary/aromatic N) is 1. The summed E-state index contributed by atoms with van der Waals surface area (Å²) < 4.78 is 37.4. The number of carbonyl (C=O) groups is 1. The summed E-state index contributed by atoms with van der Waals surface area (Å²) >= 11 is 0. The van der Waals surface area contributed by atoms with E-state index in [0.717, 1.165) is 30.9 Å². The molecule has 2 aromatic carbocycles. The molecule has 1 aliphatic rings. The first-order valence-electron chi connectivity index (χ1n) is 9.57. The van der Waals surface area contributed by atoms with Crippen molar-refractivity contribution in [3.8, 4) is 0 Å². The Balaban J connectivity index is 1.53. The van der Waals surface area contributed by atoms with Crippen LogP contribution >= 0.6 is 0 Å². The van der Waals surface area contributed by atoms with Crippen molar-refractivity contribution in [1.29, 1.82) is 0 Å². The van der Waals surface area contributed by atoms with Gasteiger partial charge in [-0.3, -0.25) is 4.79 Å². The van der Waals surface area contributed by atoms with Crippen molar-refractivity contribution in [1.82, 2.24) is 0 Å². The number of hydrogen-bond acceptors (Lipinski definition) is 4. The SMILES string of the molecule is O=C(CCS(=O)(=O)c1ccc(F)cc1)Nc1ccc(N2CCCCCC2)cc1. The van der Waals surface area contributed by atoms with Crippen molar-refractivity contribution < 1.29 is 17.6 Å². The number of hydrogen-bond donors (Lipinski definition) is 1. The van der Waals surface area contributed by atoms with Crippen LogP contribution < -0.4 is 10.2 Å². The average Bonchev–Trinajstić information content (AvgIpc) is 2.97. The minimum atomic E-state index is -3.62. The number of anilines is 2. The molecule has 3 rings (SSSR count). The molecule has 1 fully saturated rings. The molecule has 150 valence electrons. The van der Waals surface area contributed by atoms with E-state index < -0.39 is 15.7 Å².